The van der Waals surface area contributed by atoms with Gasteiger partial charge in [-0.25, -0.2) is 9.59 Å². The quantitative estimate of drug-likeness (QED) is 0.333. The van der Waals surface area contributed by atoms with E-state index in [2.05, 4.69) is 15.6 Å². The molecule has 2 atom stereocenters. The Kier molecular flexibility index (Phi) is 10.4. The topological polar surface area (TPSA) is 158 Å². The monoisotopic (exact) mass is 578 g/mol. The molecule has 3 rings (SSSR count). The van der Waals surface area contributed by atoms with Crippen molar-refractivity contribution in [2.24, 2.45) is 5.92 Å². The zero-order chi connectivity index (χ0) is 30.3. The van der Waals surface area contributed by atoms with Gasteiger partial charge >= 0.3 is 30.3 Å². The Morgan fingerprint density at radius 2 is 1.68 bits per heavy atom. The molecule has 0 fully saturated rings. The molecule has 0 saturated carbocycles. The van der Waals surface area contributed by atoms with Gasteiger partial charge in [0.1, 0.15) is 0 Å². The van der Waals surface area contributed by atoms with Crippen LogP contribution in [0.4, 0.5) is 36.8 Å². The molecule has 0 aliphatic carbocycles. The van der Waals surface area contributed by atoms with Crippen molar-refractivity contribution in [3.63, 3.8) is 0 Å². The summed E-state index contributed by atoms with van der Waals surface area (Å²) in [6.07, 6.45) is -6.56. The highest BCUT2D eigenvalue weighted by Crippen LogP contribution is 2.33. The number of anilines is 1. The Balaban J connectivity index is 0.000000708. The van der Waals surface area contributed by atoms with Crippen molar-refractivity contribution in [1.29, 1.82) is 0 Å². The average molecular weight is 578 g/mol. The number of carboxylic acids is 1. The van der Waals surface area contributed by atoms with Crippen molar-refractivity contribution < 1.29 is 55.7 Å². The maximum absolute atomic E-state index is 12.7. The number of hydrogen-bond acceptors (Lipinski definition) is 5. The van der Waals surface area contributed by atoms with Crippen LogP contribution in [-0.2, 0) is 20.9 Å². The van der Waals surface area contributed by atoms with Crippen LogP contribution in [0.2, 0.25) is 0 Å². The van der Waals surface area contributed by atoms with Crippen LogP contribution in [-0.4, -0.2) is 51.4 Å². The number of halogens is 6. The zero-order valence-electron chi connectivity index (χ0n) is 20.7. The van der Waals surface area contributed by atoms with Crippen LogP contribution in [0, 0.1) is 5.92 Å². The molecule has 2 aromatic rings. The van der Waals surface area contributed by atoms with Gasteiger partial charge in [0.15, 0.2) is 0 Å². The number of carbonyl (C=O) groups is 4. The van der Waals surface area contributed by atoms with Crippen LogP contribution in [0.1, 0.15) is 43.4 Å². The lowest BCUT2D eigenvalue weighted by Gasteiger charge is -2.22. The molecule has 0 spiro atoms. The lowest BCUT2D eigenvalue weighted by molar-refractivity contribution is -0.192. The van der Waals surface area contributed by atoms with Gasteiger partial charge in [-0.1, -0.05) is 25.5 Å². The van der Waals surface area contributed by atoms with Crippen molar-refractivity contribution >= 4 is 29.6 Å². The first-order valence-corrected chi connectivity index (χ1v) is 11.5. The predicted octanol–water partition coefficient (Wildman–Crippen LogP) is 4.63. The SMILES string of the molecule is C[C@@H]1CCC[C@H](NC(=O)O)c2cncc(c2)-c2ccc(CNC(=O)C(F)(F)F)cc2NC1=O.O=C(O)C(F)(F)F. The highest BCUT2D eigenvalue weighted by molar-refractivity contribution is 5.97. The first-order valence-electron chi connectivity index (χ1n) is 11.5. The van der Waals surface area contributed by atoms with E-state index >= 15 is 0 Å². The summed E-state index contributed by atoms with van der Waals surface area (Å²) < 4.78 is 69.2. The van der Waals surface area contributed by atoms with Crippen molar-refractivity contribution in [1.82, 2.24) is 15.6 Å². The summed E-state index contributed by atoms with van der Waals surface area (Å²) in [5, 5.41) is 23.5. The largest absolute Gasteiger partial charge is 0.490 e. The minimum atomic E-state index is -5.08. The molecule has 40 heavy (non-hydrogen) atoms. The van der Waals surface area contributed by atoms with Crippen molar-refractivity contribution in [3.8, 4) is 11.1 Å². The van der Waals surface area contributed by atoms with Crippen molar-refractivity contribution in [3.05, 3.63) is 47.8 Å². The highest BCUT2D eigenvalue weighted by atomic mass is 19.4. The Labute approximate surface area is 222 Å². The number of carboxylic acid groups (broad SMARTS) is 2. The standard InChI is InChI=1S/C22H23F3N4O4.C2HF3O2/c1-12-3-2-4-17(29-21(32)33)15-8-14(10-26-11-15)16-6-5-13(7-18(16)28-19(12)30)9-27-20(31)22(23,24)25;3-2(4,5)1(6)7/h5-8,10-12,17,29H,2-4,9H2,1H3,(H,27,31)(H,28,30)(H,32,33);(H,6,7)/t12-,17+;/m1./s1. The molecule has 2 heterocycles. The maximum Gasteiger partial charge on any atom is 0.490 e. The van der Waals surface area contributed by atoms with Crippen LogP contribution in [0.5, 0.6) is 0 Å². The van der Waals surface area contributed by atoms with Gasteiger partial charge in [0.05, 0.1) is 6.04 Å². The first kappa shape index (κ1) is 31.8. The number of carbonyl (C=O) groups excluding carboxylic acids is 2. The molecule has 0 unspecified atom stereocenters. The number of fused-ring (bicyclic) bond motifs is 4. The zero-order valence-corrected chi connectivity index (χ0v) is 20.7. The lowest BCUT2D eigenvalue weighted by atomic mass is 9.94. The van der Waals surface area contributed by atoms with Crippen molar-refractivity contribution in [2.45, 2.75) is 51.1 Å². The van der Waals surface area contributed by atoms with E-state index in [1.54, 1.807) is 31.5 Å². The van der Waals surface area contributed by atoms with E-state index in [0.717, 1.165) is 0 Å². The van der Waals surface area contributed by atoms with E-state index in [1.165, 1.54) is 12.1 Å². The van der Waals surface area contributed by atoms with Gasteiger partial charge < -0.3 is 26.2 Å². The van der Waals surface area contributed by atoms with E-state index in [0.29, 0.717) is 47.2 Å². The molecule has 1 aromatic carbocycles. The van der Waals surface area contributed by atoms with Crippen LogP contribution in [0.3, 0.4) is 0 Å². The molecule has 1 aromatic heterocycles. The Morgan fingerprint density at radius 1 is 1.02 bits per heavy atom. The Hall–Kier alpha value is -4.37. The lowest BCUT2D eigenvalue weighted by Crippen LogP contribution is -2.36. The number of alkyl halides is 6. The molecular weight excluding hydrogens is 554 g/mol. The van der Waals surface area contributed by atoms with Crippen LogP contribution in [0.25, 0.3) is 11.1 Å². The molecule has 0 radical (unpaired) electrons. The molecule has 218 valence electrons. The number of rotatable bonds is 3. The normalized spacial score (nSPS) is 17.4. The van der Waals surface area contributed by atoms with E-state index in [9.17, 15) is 45.8 Å². The predicted molar refractivity (Wildman–Crippen MR) is 127 cm³/mol. The van der Waals surface area contributed by atoms with Gasteiger partial charge in [-0.15, -0.1) is 0 Å². The van der Waals surface area contributed by atoms with E-state index < -0.39 is 36.4 Å². The summed E-state index contributed by atoms with van der Waals surface area (Å²) in [5.74, 6) is -5.47. The molecule has 16 heteroatoms. The van der Waals surface area contributed by atoms with Gasteiger partial charge in [-0.2, -0.15) is 26.3 Å². The summed E-state index contributed by atoms with van der Waals surface area (Å²) in [5.41, 5.74) is 2.53. The number of nitrogens with zero attached hydrogens (tertiary/aromatic N) is 1. The van der Waals surface area contributed by atoms with Gasteiger partial charge in [-0.05, 0) is 36.1 Å². The highest BCUT2D eigenvalue weighted by Gasteiger charge is 2.39. The molecule has 1 aliphatic rings. The smallest absolute Gasteiger partial charge is 0.475 e. The van der Waals surface area contributed by atoms with E-state index in [4.69, 9.17) is 9.90 Å². The second kappa shape index (κ2) is 13.1. The average Bonchev–Trinajstić information content (AvgIpc) is 2.85. The number of amides is 3. The summed E-state index contributed by atoms with van der Waals surface area (Å²) in [6.45, 7) is 1.37. The van der Waals surface area contributed by atoms with Crippen molar-refractivity contribution in [2.75, 3.05) is 5.32 Å². The molecule has 1 aliphatic heterocycles. The summed E-state index contributed by atoms with van der Waals surface area (Å²) in [7, 11) is 0. The molecule has 10 nitrogen and oxygen atoms in total. The van der Waals surface area contributed by atoms with Crippen LogP contribution in [0.15, 0.2) is 36.7 Å². The second-order valence-corrected chi connectivity index (χ2v) is 8.69. The van der Waals surface area contributed by atoms with E-state index in [-0.39, 0.29) is 18.4 Å². The molecular formula is C24H24F6N4O6. The van der Waals surface area contributed by atoms with Crippen LogP contribution >= 0.6 is 0 Å². The number of benzene rings is 1. The number of aliphatic carboxylic acids is 1. The Morgan fingerprint density at radius 3 is 2.25 bits per heavy atom. The minimum absolute atomic E-state index is 0.278. The summed E-state index contributed by atoms with van der Waals surface area (Å²) in [6, 6.07) is 5.90. The first-order chi connectivity index (χ1) is 18.5. The minimum Gasteiger partial charge on any atom is -0.475 e. The number of nitrogens with one attached hydrogen (secondary N) is 3. The maximum atomic E-state index is 12.7. The third kappa shape index (κ3) is 9.43. The summed E-state index contributed by atoms with van der Waals surface area (Å²) in [4.78, 5) is 48.2. The van der Waals surface area contributed by atoms with Gasteiger partial charge in [0, 0.05) is 41.7 Å². The fourth-order valence-corrected chi connectivity index (χ4v) is 3.62. The third-order valence-corrected chi connectivity index (χ3v) is 5.64. The van der Waals surface area contributed by atoms with Crippen LogP contribution < -0.4 is 16.0 Å². The fraction of sp³-hybridized carbons (Fsp3) is 0.375. The number of pyridine rings is 1. The summed E-state index contributed by atoms with van der Waals surface area (Å²) >= 11 is 0. The molecule has 3 amide bonds. The Bertz CT molecular complexity index is 1250. The molecule has 5 N–H and O–H groups in total. The van der Waals surface area contributed by atoms with Gasteiger partial charge in [-0.3, -0.25) is 14.6 Å². The molecule has 2 bridgehead atoms. The van der Waals surface area contributed by atoms with Gasteiger partial charge in [0.2, 0.25) is 5.91 Å². The van der Waals surface area contributed by atoms with Gasteiger partial charge in [0.25, 0.3) is 0 Å². The second-order valence-electron chi connectivity index (χ2n) is 8.69. The number of hydrogen-bond donors (Lipinski definition) is 5. The fourth-order valence-electron chi connectivity index (χ4n) is 3.62. The molecule has 0 saturated heterocycles. The third-order valence-electron chi connectivity index (χ3n) is 5.64. The van der Waals surface area contributed by atoms with E-state index in [1.807, 2.05) is 5.32 Å². The number of aromatic nitrogens is 1.